The molecule has 6 rings (SSSR count). The van der Waals surface area contributed by atoms with Crippen LogP contribution >= 0.6 is 11.6 Å². The number of anilines is 1. The maximum absolute atomic E-state index is 14.7. The minimum Gasteiger partial charge on any atom is -0.333 e. The number of nitrogens with zero attached hydrogens (tertiary/aromatic N) is 5. The molecule has 7 nitrogen and oxygen atoms in total. The van der Waals surface area contributed by atoms with E-state index in [1.807, 2.05) is 83.8 Å². The molecule has 44 heavy (non-hydrogen) atoms. The monoisotopic (exact) mass is 603 g/mol. The van der Waals surface area contributed by atoms with E-state index in [9.17, 15) is 9.59 Å². The number of fused-ring (bicyclic) bond motifs is 2. The van der Waals surface area contributed by atoms with Crippen molar-refractivity contribution in [1.29, 1.82) is 0 Å². The van der Waals surface area contributed by atoms with E-state index in [1.165, 1.54) is 5.56 Å². The van der Waals surface area contributed by atoms with Gasteiger partial charge in [-0.2, -0.15) is 0 Å². The molecule has 3 aromatic carbocycles. The van der Waals surface area contributed by atoms with Crippen LogP contribution in [0.25, 0.3) is 22.3 Å². The summed E-state index contributed by atoms with van der Waals surface area (Å²) in [6, 6.07) is 31.1. The first-order valence-electron chi connectivity index (χ1n) is 14.9. The molecule has 0 fully saturated rings. The summed E-state index contributed by atoms with van der Waals surface area (Å²) in [6.45, 7) is 5.17. The number of rotatable bonds is 4. The van der Waals surface area contributed by atoms with Crippen molar-refractivity contribution in [1.82, 2.24) is 19.8 Å². The quantitative estimate of drug-likeness (QED) is 0.225. The number of pyridine rings is 2. The van der Waals surface area contributed by atoms with Crippen molar-refractivity contribution in [3.63, 3.8) is 0 Å². The number of carbonyl (C=O) groups is 2. The predicted octanol–water partition coefficient (Wildman–Crippen LogP) is 6.85. The lowest BCUT2D eigenvalue weighted by Crippen LogP contribution is -2.38. The van der Waals surface area contributed by atoms with E-state index in [2.05, 4.69) is 22.0 Å². The highest BCUT2D eigenvalue weighted by molar-refractivity contribution is 6.30. The van der Waals surface area contributed by atoms with Gasteiger partial charge in [0.2, 0.25) is 5.91 Å². The van der Waals surface area contributed by atoms with Gasteiger partial charge in [0.05, 0.1) is 22.5 Å². The summed E-state index contributed by atoms with van der Waals surface area (Å²) in [6.07, 6.45) is 2.52. The Labute approximate surface area is 262 Å². The maximum atomic E-state index is 14.7. The van der Waals surface area contributed by atoms with Crippen LogP contribution in [-0.4, -0.2) is 57.8 Å². The molecule has 2 aromatic heterocycles. The van der Waals surface area contributed by atoms with Gasteiger partial charge in [0, 0.05) is 68.5 Å². The van der Waals surface area contributed by atoms with Gasteiger partial charge in [-0.25, -0.2) is 4.98 Å². The predicted molar refractivity (Wildman–Crippen MR) is 176 cm³/mol. The molecular weight excluding hydrogens is 570 g/mol. The summed E-state index contributed by atoms with van der Waals surface area (Å²) in [5, 5.41) is 1.34. The van der Waals surface area contributed by atoms with Crippen molar-refractivity contribution in [3.05, 3.63) is 125 Å². The SMILES string of the molecule is CC(=O)N1CCCN(Cc2ccccc2)CCN(C(=O)c2cc(-c3ccccn3)nc3ccccc23)Cc2cc(Cl)ccc21. The highest BCUT2D eigenvalue weighted by Gasteiger charge is 2.25. The first-order valence-corrected chi connectivity index (χ1v) is 15.3. The van der Waals surface area contributed by atoms with Gasteiger partial charge in [0.1, 0.15) is 0 Å². The summed E-state index contributed by atoms with van der Waals surface area (Å²) in [7, 11) is 0. The summed E-state index contributed by atoms with van der Waals surface area (Å²) >= 11 is 6.50. The first-order chi connectivity index (χ1) is 21.5. The minimum absolute atomic E-state index is 0.0413. The van der Waals surface area contributed by atoms with E-state index in [1.54, 1.807) is 24.1 Å². The average Bonchev–Trinajstić information content (AvgIpc) is 3.08. The average molecular weight is 604 g/mol. The number of hydrogen-bond donors (Lipinski definition) is 0. The normalized spacial score (nSPS) is 14.6. The number of benzene rings is 3. The summed E-state index contributed by atoms with van der Waals surface area (Å²) in [4.78, 5) is 43.0. The molecule has 0 aliphatic carbocycles. The molecule has 222 valence electrons. The minimum atomic E-state index is -0.111. The molecule has 0 spiro atoms. The standard InChI is InChI=1S/C36H34ClN5O2/c1-26(43)42-19-9-18-40(24-27-10-3-2-4-11-27)20-21-41(25-28-22-29(37)15-16-35(28)42)36(44)31-23-34(33-14-7-8-17-38-33)39-32-13-6-5-12-30(31)32/h2-8,10-17,22-23H,9,18-21,24-25H2,1H3. The van der Waals surface area contributed by atoms with Gasteiger partial charge in [-0.3, -0.25) is 19.5 Å². The molecule has 1 aliphatic rings. The number of halogens is 1. The van der Waals surface area contributed by atoms with Gasteiger partial charge in [-0.05, 0) is 60.0 Å². The van der Waals surface area contributed by atoms with Crippen LogP contribution in [0.2, 0.25) is 5.02 Å². The van der Waals surface area contributed by atoms with Gasteiger partial charge in [0.25, 0.3) is 5.91 Å². The Morgan fingerprint density at radius 3 is 2.41 bits per heavy atom. The van der Waals surface area contributed by atoms with Gasteiger partial charge >= 0.3 is 0 Å². The Morgan fingerprint density at radius 2 is 1.61 bits per heavy atom. The highest BCUT2D eigenvalue weighted by Crippen LogP contribution is 2.30. The molecule has 0 saturated heterocycles. The van der Waals surface area contributed by atoms with Gasteiger partial charge < -0.3 is 9.80 Å². The van der Waals surface area contributed by atoms with Crippen molar-refractivity contribution < 1.29 is 9.59 Å². The zero-order valence-corrected chi connectivity index (χ0v) is 25.5. The molecule has 0 unspecified atom stereocenters. The van der Waals surface area contributed by atoms with Crippen LogP contribution in [0, 0.1) is 0 Å². The smallest absolute Gasteiger partial charge is 0.254 e. The molecule has 0 N–H and O–H groups in total. The zero-order valence-electron chi connectivity index (χ0n) is 24.7. The third-order valence-corrected chi connectivity index (χ3v) is 8.26. The molecule has 8 heteroatoms. The van der Waals surface area contributed by atoms with E-state index in [0.717, 1.165) is 41.7 Å². The molecule has 0 saturated carbocycles. The van der Waals surface area contributed by atoms with Crippen LogP contribution < -0.4 is 4.90 Å². The Balaban J connectivity index is 1.43. The molecule has 0 radical (unpaired) electrons. The van der Waals surface area contributed by atoms with Crippen LogP contribution in [0.4, 0.5) is 5.69 Å². The lowest BCUT2D eigenvalue weighted by molar-refractivity contribution is -0.116. The van der Waals surface area contributed by atoms with Crippen LogP contribution in [-0.2, 0) is 17.9 Å². The van der Waals surface area contributed by atoms with Gasteiger partial charge in [-0.1, -0.05) is 66.2 Å². The molecule has 1 aliphatic heterocycles. The maximum Gasteiger partial charge on any atom is 0.254 e. The van der Waals surface area contributed by atoms with Crippen molar-refractivity contribution >= 4 is 40.0 Å². The topological polar surface area (TPSA) is 69.6 Å². The summed E-state index contributed by atoms with van der Waals surface area (Å²) in [5.41, 5.74) is 5.46. The van der Waals surface area contributed by atoms with Crippen molar-refractivity contribution in [3.8, 4) is 11.4 Å². The molecular formula is C36H34ClN5O2. The van der Waals surface area contributed by atoms with E-state index < -0.39 is 0 Å². The fourth-order valence-corrected chi connectivity index (χ4v) is 6.04. The van der Waals surface area contributed by atoms with Gasteiger partial charge in [-0.15, -0.1) is 0 Å². The van der Waals surface area contributed by atoms with E-state index >= 15 is 0 Å². The van der Waals surface area contributed by atoms with Crippen LogP contribution in [0.1, 0.15) is 34.8 Å². The van der Waals surface area contributed by atoms with E-state index in [4.69, 9.17) is 16.6 Å². The molecule has 0 bridgehead atoms. The second-order valence-electron chi connectivity index (χ2n) is 11.1. The van der Waals surface area contributed by atoms with Crippen LogP contribution in [0.3, 0.4) is 0 Å². The van der Waals surface area contributed by atoms with Gasteiger partial charge in [0.15, 0.2) is 0 Å². The first kappa shape index (κ1) is 29.5. The van der Waals surface area contributed by atoms with E-state index in [0.29, 0.717) is 48.2 Å². The Hall–Kier alpha value is -4.59. The number of para-hydroxylation sites is 1. The highest BCUT2D eigenvalue weighted by atomic mass is 35.5. The Kier molecular flexibility index (Phi) is 8.96. The second kappa shape index (κ2) is 13.4. The number of aromatic nitrogens is 2. The fourth-order valence-electron chi connectivity index (χ4n) is 5.84. The number of carbonyl (C=O) groups excluding carboxylic acids is 2. The second-order valence-corrected chi connectivity index (χ2v) is 11.5. The number of hydrogen-bond acceptors (Lipinski definition) is 5. The van der Waals surface area contributed by atoms with Crippen LogP contribution in [0.5, 0.6) is 0 Å². The lowest BCUT2D eigenvalue weighted by atomic mass is 10.0. The fraction of sp³-hybridized carbons (Fsp3) is 0.222. The van der Waals surface area contributed by atoms with Crippen molar-refractivity contribution in [2.75, 3.05) is 31.1 Å². The number of amides is 2. The third kappa shape index (κ3) is 6.64. The van der Waals surface area contributed by atoms with Crippen LogP contribution in [0.15, 0.2) is 103 Å². The van der Waals surface area contributed by atoms with Crippen molar-refractivity contribution in [2.24, 2.45) is 0 Å². The Morgan fingerprint density at radius 1 is 0.818 bits per heavy atom. The Bertz CT molecular complexity index is 1780. The summed E-state index contributed by atoms with van der Waals surface area (Å²) in [5.74, 6) is -0.152. The largest absolute Gasteiger partial charge is 0.333 e. The molecule has 0 atom stereocenters. The zero-order chi connectivity index (χ0) is 30.5. The molecule has 3 heterocycles. The van der Waals surface area contributed by atoms with Crippen molar-refractivity contribution in [2.45, 2.75) is 26.4 Å². The third-order valence-electron chi connectivity index (χ3n) is 8.03. The summed E-state index contributed by atoms with van der Waals surface area (Å²) < 4.78 is 0. The lowest BCUT2D eigenvalue weighted by Gasteiger charge is -2.29. The molecule has 5 aromatic rings. The van der Waals surface area contributed by atoms with E-state index in [-0.39, 0.29) is 11.8 Å². The molecule has 2 amide bonds.